The second-order valence-corrected chi connectivity index (χ2v) is 16.7. The van der Waals surface area contributed by atoms with E-state index in [-0.39, 0.29) is 51.8 Å². The van der Waals surface area contributed by atoms with Crippen molar-refractivity contribution in [1.29, 1.82) is 0 Å². The molecule has 4 aromatic rings. The lowest BCUT2D eigenvalue weighted by atomic mass is 10.0. The van der Waals surface area contributed by atoms with Crippen molar-refractivity contribution >= 4 is 104 Å². The number of anilines is 2. The smallest absolute Gasteiger partial charge is 0.325 e. The van der Waals surface area contributed by atoms with Gasteiger partial charge in [0.15, 0.2) is 4.84 Å². The van der Waals surface area contributed by atoms with E-state index >= 15 is 0 Å². The Labute approximate surface area is 370 Å². The predicted octanol–water partition coefficient (Wildman–Crippen LogP) is 8.52. The van der Waals surface area contributed by atoms with Crippen LogP contribution < -0.4 is 24.2 Å². The van der Waals surface area contributed by atoms with Crippen LogP contribution in [0.3, 0.4) is 0 Å². The van der Waals surface area contributed by atoms with Crippen molar-refractivity contribution in [3.63, 3.8) is 0 Å². The fourth-order valence-corrected chi connectivity index (χ4v) is 8.42. The van der Waals surface area contributed by atoms with E-state index in [0.29, 0.717) is 41.7 Å². The van der Waals surface area contributed by atoms with E-state index in [1.807, 2.05) is 63.2 Å². The molecular weight excluding hydrogens is 887 g/mol. The minimum Gasteiger partial charge on any atom is -0.489 e. The summed E-state index contributed by atoms with van der Waals surface area (Å²) < 4.78 is 33.1. The van der Waals surface area contributed by atoms with E-state index in [4.69, 9.17) is 55.9 Å². The number of hydrogen-bond acceptors (Lipinski definition) is 10. The van der Waals surface area contributed by atoms with Gasteiger partial charge in [-0.15, -0.1) is 23.4 Å². The van der Waals surface area contributed by atoms with Gasteiger partial charge in [0.05, 0.1) is 35.3 Å². The molecule has 2 amide bonds. The molecule has 0 bridgehead atoms. The molecule has 2 aliphatic heterocycles. The summed E-state index contributed by atoms with van der Waals surface area (Å²) in [5, 5.41) is 0.199. The highest BCUT2D eigenvalue weighted by Gasteiger charge is 2.32. The number of nitrogens with zero attached hydrogens (tertiary/aromatic N) is 5. The molecule has 0 N–H and O–H groups in total. The number of carbonyl (C=O) groups excluding carboxylic acids is 3. The van der Waals surface area contributed by atoms with Crippen molar-refractivity contribution < 1.29 is 33.0 Å². The molecule has 3 aromatic carbocycles. The van der Waals surface area contributed by atoms with Crippen molar-refractivity contribution in [2.75, 3.05) is 48.5 Å². The first-order valence-electron chi connectivity index (χ1n) is 18.7. The van der Waals surface area contributed by atoms with Crippen LogP contribution in [0.5, 0.6) is 5.75 Å². The Morgan fingerprint density at radius 3 is 2.46 bits per heavy atom. The van der Waals surface area contributed by atoms with Crippen LogP contribution in [0.1, 0.15) is 44.7 Å². The Hall–Kier alpha value is -3.57. The summed E-state index contributed by atoms with van der Waals surface area (Å²) >= 11 is 25.1. The summed E-state index contributed by atoms with van der Waals surface area (Å²) in [6, 6.07) is 15.9. The third kappa shape index (κ3) is 12.7. The first-order chi connectivity index (χ1) is 28.3. The summed E-state index contributed by atoms with van der Waals surface area (Å²) in [5.74, 6) is -0.721. The van der Waals surface area contributed by atoms with Crippen molar-refractivity contribution in [3.8, 4) is 5.75 Å². The van der Waals surface area contributed by atoms with Crippen LogP contribution in [-0.4, -0.2) is 76.7 Å². The number of fused-ring (bicyclic) bond motifs is 2. The Kier molecular flexibility index (Phi) is 19.1. The molecule has 320 valence electrons. The van der Waals surface area contributed by atoms with Gasteiger partial charge in [0.25, 0.3) is 5.91 Å². The molecule has 59 heavy (non-hydrogen) atoms. The first-order valence-corrected chi connectivity index (χ1v) is 22.2. The van der Waals surface area contributed by atoms with Crippen molar-refractivity contribution in [3.05, 3.63) is 91.0 Å². The number of thioether (sulfide) groups is 1. The summed E-state index contributed by atoms with van der Waals surface area (Å²) in [4.78, 5) is 54.5. The lowest BCUT2D eigenvalue weighted by Gasteiger charge is -2.35. The summed E-state index contributed by atoms with van der Waals surface area (Å²) in [5.41, 5.74) is 3.93. The van der Waals surface area contributed by atoms with Crippen LogP contribution in [0.2, 0.25) is 5.02 Å². The molecule has 1 unspecified atom stereocenters. The maximum atomic E-state index is 14.3. The maximum absolute atomic E-state index is 14.3. The molecule has 6 rings (SSSR count). The molecule has 12 nitrogen and oxygen atoms in total. The monoisotopic (exact) mass is 931 g/mol. The van der Waals surface area contributed by atoms with E-state index in [2.05, 4.69) is 16.7 Å². The Morgan fingerprint density at radius 1 is 1.08 bits per heavy atom. The highest BCUT2D eigenvalue weighted by molar-refractivity contribution is 8.00. The van der Waals surface area contributed by atoms with Crippen LogP contribution in [-0.2, 0) is 43.4 Å². The van der Waals surface area contributed by atoms with E-state index < -0.39 is 16.6 Å². The molecule has 1 aromatic heterocycles. The molecule has 2 aliphatic rings. The molecule has 1 atom stereocenters. The number of amides is 2. The van der Waals surface area contributed by atoms with Crippen molar-refractivity contribution in [2.24, 2.45) is 4.99 Å². The van der Waals surface area contributed by atoms with Crippen LogP contribution in [0.15, 0.2) is 69.3 Å². The second kappa shape index (κ2) is 23.4. The SMILES string of the molecule is CC1COc2ccccc2N1C(=O)C(Cl)Cl.CCOCN(C(=O)CCl)c1c(C)cccc1CC.COC(=O)CSc1cc(/N=c2\sc(=O)n3n2CCCC3)c(F)cc1Cl. The Bertz CT molecular complexity index is 2220. The summed E-state index contributed by atoms with van der Waals surface area (Å²) in [6.45, 7) is 10.5. The largest absolute Gasteiger partial charge is 0.489 e. The number of ether oxygens (including phenoxy) is 3. The third-order valence-corrected chi connectivity index (χ3v) is 11.9. The Morgan fingerprint density at radius 2 is 1.80 bits per heavy atom. The van der Waals surface area contributed by atoms with Gasteiger partial charge in [-0.05, 0) is 86.8 Å². The number of carbonyl (C=O) groups is 3. The molecule has 19 heteroatoms. The zero-order valence-corrected chi connectivity index (χ0v) is 37.9. The van der Waals surface area contributed by atoms with Gasteiger partial charge >= 0.3 is 10.8 Å². The zero-order valence-electron chi connectivity index (χ0n) is 33.2. The van der Waals surface area contributed by atoms with Crippen LogP contribution in [0, 0.1) is 12.7 Å². The second-order valence-electron chi connectivity index (χ2n) is 13.0. The van der Waals surface area contributed by atoms with E-state index in [1.54, 1.807) is 19.2 Å². The molecule has 0 aliphatic carbocycles. The van der Waals surface area contributed by atoms with Crippen LogP contribution >= 0.6 is 69.5 Å². The quantitative estimate of drug-likeness (QED) is 0.0635. The van der Waals surface area contributed by atoms with Gasteiger partial charge in [0.1, 0.15) is 36.5 Å². The van der Waals surface area contributed by atoms with Crippen LogP contribution in [0.4, 0.5) is 21.5 Å². The average molecular weight is 934 g/mol. The average Bonchev–Trinajstić information content (AvgIpc) is 3.55. The number of hydrogen-bond donors (Lipinski definition) is 0. The highest BCUT2D eigenvalue weighted by atomic mass is 35.5. The molecule has 0 saturated heterocycles. The summed E-state index contributed by atoms with van der Waals surface area (Å²) in [6.07, 6.45) is 2.77. The highest BCUT2D eigenvalue weighted by Crippen LogP contribution is 2.35. The van der Waals surface area contributed by atoms with Gasteiger partial charge in [-0.1, -0.05) is 72.1 Å². The van der Waals surface area contributed by atoms with Crippen LogP contribution in [0.25, 0.3) is 0 Å². The lowest BCUT2D eigenvalue weighted by Crippen LogP contribution is -2.47. The minimum absolute atomic E-state index is 0.0371. The number of esters is 1. The fraction of sp³-hybridized carbons (Fsp3) is 0.425. The third-order valence-electron chi connectivity index (χ3n) is 8.96. The van der Waals surface area contributed by atoms with Gasteiger partial charge < -0.3 is 19.1 Å². The molecule has 0 spiro atoms. The number of halogens is 5. The lowest BCUT2D eigenvalue weighted by molar-refractivity contribution is -0.137. The fourth-order valence-electron chi connectivity index (χ4n) is 6.08. The predicted molar refractivity (Wildman–Crippen MR) is 235 cm³/mol. The van der Waals surface area contributed by atoms with Gasteiger partial charge in [0.2, 0.25) is 10.7 Å². The molecule has 3 heterocycles. The Balaban J connectivity index is 0.000000202. The van der Waals surface area contributed by atoms with Crippen molar-refractivity contribution in [2.45, 2.75) is 75.8 Å². The summed E-state index contributed by atoms with van der Waals surface area (Å²) in [7, 11) is 1.30. The number of para-hydroxylation sites is 3. The van der Waals surface area contributed by atoms with Gasteiger partial charge in [-0.25, -0.2) is 14.1 Å². The number of aromatic nitrogens is 2. The number of aryl methyl sites for hydroxylation is 2. The first kappa shape index (κ1) is 48.1. The van der Waals surface area contributed by atoms with Gasteiger partial charge in [-0.3, -0.25) is 28.8 Å². The maximum Gasteiger partial charge on any atom is 0.325 e. The molecular formula is C40H46Cl4FN5O7S2. The minimum atomic E-state index is -1.05. The topological polar surface area (TPSA) is 125 Å². The van der Waals surface area contributed by atoms with E-state index in [1.165, 1.54) is 13.2 Å². The molecule has 0 saturated carbocycles. The number of methoxy groups -OCH3 is 1. The molecule has 0 radical (unpaired) electrons. The standard InChI is InChI=1S/C15H15ClFN3O3S2.C14H20ClNO2.C11H11Cl2NO2/c1-23-13(21)8-24-12-7-11(10(17)6-9(12)16)18-14-19-4-2-3-5-20(19)15(22)25-14;1-4-12-8-6-7-11(3)14(12)16(10-18-5-2)13(17)9-15;1-7-6-16-9-5-3-2-4-8(9)14(7)11(15)10(12)13/h6-7H,2-5,8H2,1H3;6-8H,4-5,9-10H2,1-3H3;2-5,7,10H,6H2,1H3/b18-14-;;. The van der Waals surface area contributed by atoms with Crippen molar-refractivity contribution in [1.82, 2.24) is 9.36 Å². The number of rotatable bonds is 11. The van der Waals surface area contributed by atoms with Gasteiger partial charge in [0, 0.05) is 24.6 Å². The van der Waals surface area contributed by atoms with E-state index in [0.717, 1.165) is 70.9 Å². The molecule has 0 fully saturated rings. The number of alkyl halides is 3. The van der Waals surface area contributed by atoms with E-state index in [9.17, 15) is 23.6 Å². The normalized spacial score (nSPS) is 14.5. The number of benzene rings is 3. The zero-order chi connectivity index (χ0) is 43.2. The van der Waals surface area contributed by atoms with Gasteiger partial charge in [-0.2, -0.15) is 0 Å².